The van der Waals surface area contributed by atoms with E-state index in [0.29, 0.717) is 11.8 Å². The fraction of sp³-hybridized carbons (Fsp3) is 0.800. The smallest absolute Gasteiger partial charge is 0.161 e. The van der Waals surface area contributed by atoms with E-state index < -0.39 is 0 Å². The monoisotopic (exact) mass is 258 g/mol. The van der Waals surface area contributed by atoms with Gasteiger partial charge in [0.15, 0.2) is 5.78 Å². The van der Waals surface area contributed by atoms with Gasteiger partial charge in [0.05, 0.1) is 0 Å². The average molecular weight is 259 g/mol. The normalized spacial score (nSPS) is 18.0. The number of rotatable bonds is 7. The molecule has 0 amide bonds. The highest BCUT2D eigenvalue weighted by molar-refractivity contribution is 6.21. The molecule has 0 bridgehead atoms. The second-order valence-electron chi connectivity index (χ2n) is 5.48. The molecule has 0 aliphatic heterocycles. The van der Waals surface area contributed by atoms with Crippen molar-refractivity contribution in [3.8, 4) is 0 Å². The van der Waals surface area contributed by atoms with Gasteiger partial charge in [-0.15, -0.1) is 11.6 Å². The van der Waals surface area contributed by atoms with E-state index in [9.17, 15) is 4.79 Å². The van der Waals surface area contributed by atoms with E-state index in [2.05, 4.69) is 27.7 Å². The van der Waals surface area contributed by atoms with Crippen LogP contribution < -0.4 is 0 Å². The van der Waals surface area contributed by atoms with Gasteiger partial charge >= 0.3 is 0 Å². The first-order valence-electron chi connectivity index (χ1n) is 6.68. The second kappa shape index (κ2) is 7.92. The van der Waals surface area contributed by atoms with E-state index in [-0.39, 0.29) is 17.1 Å². The van der Waals surface area contributed by atoms with Gasteiger partial charge in [-0.1, -0.05) is 47.1 Å². The van der Waals surface area contributed by atoms with Gasteiger partial charge in [0.25, 0.3) is 0 Å². The quantitative estimate of drug-likeness (QED) is 0.472. The summed E-state index contributed by atoms with van der Waals surface area (Å²) in [6, 6.07) is 0. The Labute approximate surface area is 112 Å². The molecular weight excluding hydrogens is 232 g/mol. The van der Waals surface area contributed by atoms with Crippen LogP contribution in [0.4, 0.5) is 0 Å². The second-order valence-corrected chi connectivity index (χ2v) is 6.17. The molecule has 1 nitrogen and oxygen atoms in total. The zero-order chi connectivity index (χ0) is 13.6. The third-order valence-electron chi connectivity index (χ3n) is 3.43. The maximum Gasteiger partial charge on any atom is 0.161 e. The summed E-state index contributed by atoms with van der Waals surface area (Å²) in [6.07, 6.45) is 3.87. The fourth-order valence-corrected chi connectivity index (χ4v) is 1.80. The van der Waals surface area contributed by atoms with Crippen molar-refractivity contribution in [2.24, 2.45) is 17.8 Å². The molecule has 0 N–H and O–H groups in total. The molecule has 0 rings (SSSR count). The number of hydrogen-bond acceptors (Lipinski definition) is 1. The van der Waals surface area contributed by atoms with Crippen LogP contribution in [0.2, 0.25) is 0 Å². The van der Waals surface area contributed by atoms with Crippen LogP contribution in [0.25, 0.3) is 0 Å². The molecule has 0 radical (unpaired) electrons. The Morgan fingerprint density at radius 1 is 1.18 bits per heavy atom. The number of allylic oxidation sites excluding steroid dienone is 2. The van der Waals surface area contributed by atoms with Gasteiger partial charge in [0.1, 0.15) is 0 Å². The molecule has 100 valence electrons. The van der Waals surface area contributed by atoms with Crippen LogP contribution in [0.1, 0.15) is 54.4 Å². The first-order chi connectivity index (χ1) is 7.79. The Morgan fingerprint density at radius 2 is 1.71 bits per heavy atom. The highest BCUT2D eigenvalue weighted by Crippen LogP contribution is 2.23. The van der Waals surface area contributed by atoms with Gasteiger partial charge in [0.2, 0.25) is 0 Å². The minimum atomic E-state index is -0.0719. The van der Waals surface area contributed by atoms with Gasteiger partial charge < -0.3 is 0 Å². The maximum absolute atomic E-state index is 12.3. The van der Waals surface area contributed by atoms with Crippen molar-refractivity contribution in [2.75, 3.05) is 0 Å². The van der Waals surface area contributed by atoms with Crippen molar-refractivity contribution < 1.29 is 4.79 Å². The summed E-state index contributed by atoms with van der Waals surface area (Å²) in [5, 5.41) is -0.0719. The zero-order valence-corrected chi connectivity index (χ0v) is 12.8. The molecule has 3 atom stereocenters. The zero-order valence-electron chi connectivity index (χ0n) is 12.1. The van der Waals surface area contributed by atoms with Crippen LogP contribution in [0.3, 0.4) is 0 Å². The summed E-state index contributed by atoms with van der Waals surface area (Å²) in [5.74, 6) is 1.28. The molecule has 0 saturated carbocycles. The minimum absolute atomic E-state index is 0.0719. The van der Waals surface area contributed by atoms with Crippen molar-refractivity contribution in [3.63, 3.8) is 0 Å². The summed E-state index contributed by atoms with van der Waals surface area (Å²) < 4.78 is 0. The highest BCUT2D eigenvalue weighted by Gasteiger charge is 2.21. The van der Waals surface area contributed by atoms with Crippen LogP contribution in [0, 0.1) is 17.8 Å². The third kappa shape index (κ3) is 6.26. The van der Waals surface area contributed by atoms with Crippen LogP contribution >= 0.6 is 11.6 Å². The third-order valence-corrected chi connectivity index (χ3v) is 3.55. The number of alkyl halides is 1. The Kier molecular flexibility index (Phi) is 7.78. The fourth-order valence-electron chi connectivity index (χ4n) is 1.64. The number of carbonyl (C=O) groups excluding carboxylic acids is 1. The Balaban J connectivity index is 4.87. The SMILES string of the molecule is CCC(C)C/C(=C/C(C)Cl)C(=O)C(C)C(C)C. The van der Waals surface area contributed by atoms with Gasteiger partial charge in [-0.3, -0.25) is 4.79 Å². The molecule has 0 aliphatic rings. The summed E-state index contributed by atoms with van der Waals surface area (Å²) >= 11 is 6.00. The maximum atomic E-state index is 12.3. The van der Waals surface area contributed by atoms with E-state index >= 15 is 0 Å². The molecule has 0 spiro atoms. The van der Waals surface area contributed by atoms with Crippen LogP contribution in [-0.2, 0) is 4.79 Å². The highest BCUT2D eigenvalue weighted by atomic mass is 35.5. The van der Waals surface area contributed by atoms with Gasteiger partial charge in [-0.2, -0.15) is 0 Å². The van der Waals surface area contributed by atoms with Crippen molar-refractivity contribution in [1.29, 1.82) is 0 Å². The first-order valence-corrected chi connectivity index (χ1v) is 7.12. The van der Waals surface area contributed by atoms with Crippen molar-refractivity contribution in [2.45, 2.75) is 59.8 Å². The van der Waals surface area contributed by atoms with Crippen LogP contribution in [0.5, 0.6) is 0 Å². The average Bonchev–Trinajstić information content (AvgIpc) is 2.25. The lowest BCUT2D eigenvalue weighted by atomic mass is 9.85. The van der Waals surface area contributed by atoms with Crippen molar-refractivity contribution >= 4 is 17.4 Å². The van der Waals surface area contributed by atoms with E-state index in [1.165, 1.54) is 0 Å². The van der Waals surface area contributed by atoms with Gasteiger partial charge in [0, 0.05) is 11.3 Å². The summed E-state index contributed by atoms with van der Waals surface area (Å²) in [5.41, 5.74) is 0.919. The number of Topliss-reactive ketones (excluding diaryl/α,β-unsaturated/α-hetero) is 1. The Bertz CT molecular complexity index is 266. The Morgan fingerprint density at radius 3 is 2.06 bits per heavy atom. The number of halogens is 1. The molecule has 0 heterocycles. The largest absolute Gasteiger partial charge is 0.294 e. The number of ketones is 1. The molecule has 0 aromatic heterocycles. The van der Waals surface area contributed by atoms with Crippen LogP contribution in [0.15, 0.2) is 11.6 Å². The summed E-state index contributed by atoms with van der Waals surface area (Å²) in [7, 11) is 0. The minimum Gasteiger partial charge on any atom is -0.294 e. The van der Waals surface area contributed by atoms with Crippen molar-refractivity contribution in [3.05, 3.63) is 11.6 Å². The van der Waals surface area contributed by atoms with Gasteiger partial charge in [-0.05, 0) is 30.8 Å². The number of hydrogen-bond donors (Lipinski definition) is 0. The molecule has 0 aromatic carbocycles. The standard InChI is InChI=1S/C15H27ClO/c1-7-11(4)8-14(9-12(5)16)15(17)13(6)10(2)3/h9-13H,7-8H2,1-6H3/b14-9-. The molecular formula is C15H27ClO. The van der Waals surface area contributed by atoms with Gasteiger partial charge in [-0.25, -0.2) is 0 Å². The van der Waals surface area contributed by atoms with Crippen LogP contribution in [-0.4, -0.2) is 11.2 Å². The first kappa shape index (κ1) is 16.7. The van der Waals surface area contributed by atoms with E-state index in [4.69, 9.17) is 11.6 Å². The van der Waals surface area contributed by atoms with Crippen molar-refractivity contribution in [1.82, 2.24) is 0 Å². The summed E-state index contributed by atoms with van der Waals surface area (Å²) in [6.45, 7) is 12.4. The lowest BCUT2D eigenvalue weighted by Gasteiger charge is -2.19. The molecule has 2 heteroatoms. The Hall–Kier alpha value is -0.300. The predicted molar refractivity (Wildman–Crippen MR) is 76.5 cm³/mol. The lowest BCUT2D eigenvalue weighted by Crippen LogP contribution is -2.20. The molecule has 3 unspecified atom stereocenters. The van der Waals surface area contributed by atoms with E-state index in [0.717, 1.165) is 18.4 Å². The molecule has 17 heavy (non-hydrogen) atoms. The summed E-state index contributed by atoms with van der Waals surface area (Å²) in [4.78, 5) is 12.3. The molecule has 0 saturated heterocycles. The van der Waals surface area contributed by atoms with E-state index in [1.807, 2.05) is 19.9 Å². The predicted octanol–water partition coefficient (Wildman–Crippen LogP) is 4.84. The topological polar surface area (TPSA) is 17.1 Å². The molecule has 0 fully saturated rings. The number of carbonyl (C=O) groups is 1. The molecule has 0 aromatic rings. The van der Waals surface area contributed by atoms with E-state index in [1.54, 1.807) is 0 Å². The molecule has 0 aliphatic carbocycles. The lowest BCUT2D eigenvalue weighted by molar-refractivity contribution is -0.120.